The Morgan fingerprint density at radius 2 is 2.00 bits per heavy atom. The summed E-state index contributed by atoms with van der Waals surface area (Å²) in [6.45, 7) is 2.25. The summed E-state index contributed by atoms with van der Waals surface area (Å²) < 4.78 is 15.2. The molecule has 2 heterocycles. The first-order chi connectivity index (χ1) is 10.7. The van der Waals surface area contributed by atoms with E-state index in [1.165, 1.54) is 19.3 Å². The van der Waals surface area contributed by atoms with Gasteiger partial charge in [0, 0.05) is 12.6 Å². The van der Waals surface area contributed by atoms with E-state index in [4.69, 9.17) is 11.6 Å². The molecular weight excluding hydrogens is 307 g/mol. The van der Waals surface area contributed by atoms with Crippen molar-refractivity contribution < 1.29 is 9.50 Å². The Bertz CT molecular complexity index is 604. The van der Waals surface area contributed by atoms with E-state index in [1.54, 1.807) is 6.33 Å². The van der Waals surface area contributed by atoms with Crippen LogP contribution in [-0.2, 0) is 0 Å². The first kappa shape index (κ1) is 17.1. The van der Waals surface area contributed by atoms with Gasteiger partial charge in [-0.05, 0) is 12.8 Å². The number of aliphatic hydroxyl groups excluding tert-OH is 1. The van der Waals surface area contributed by atoms with Crippen LogP contribution in [0.1, 0.15) is 57.9 Å². The fourth-order valence-corrected chi connectivity index (χ4v) is 2.88. The third kappa shape index (κ3) is 4.14. The van der Waals surface area contributed by atoms with E-state index < -0.39 is 6.08 Å². The summed E-state index contributed by atoms with van der Waals surface area (Å²) in [5.74, 6) is 0. The second kappa shape index (κ2) is 8.39. The zero-order chi connectivity index (χ0) is 15.9. The lowest BCUT2D eigenvalue weighted by Crippen LogP contribution is -2.11. The van der Waals surface area contributed by atoms with Crippen molar-refractivity contribution in [2.45, 2.75) is 57.9 Å². The second-order valence-electron chi connectivity index (χ2n) is 5.48. The summed E-state index contributed by atoms with van der Waals surface area (Å²) >= 11 is 5.90. The van der Waals surface area contributed by atoms with Crippen LogP contribution in [-0.4, -0.2) is 31.2 Å². The minimum Gasteiger partial charge on any atom is -0.396 e. The molecule has 0 saturated heterocycles. The number of imidazole rings is 1. The SMILES string of the molecule is CCCCCCCC(CCO)n1cnc2c(Cl)nc(F)nc21. The lowest BCUT2D eigenvalue weighted by atomic mass is 10.0. The number of halogens is 2. The van der Waals surface area contributed by atoms with Gasteiger partial charge in [0.15, 0.2) is 10.8 Å². The quantitative estimate of drug-likeness (QED) is 0.431. The van der Waals surface area contributed by atoms with E-state index in [0.717, 1.165) is 19.3 Å². The molecule has 2 aromatic heterocycles. The molecule has 2 rings (SSSR count). The monoisotopic (exact) mass is 328 g/mol. The topological polar surface area (TPSA) is 63.8 Å². The molecule has 0 aromatic carbocycles. The van der Waals surface area contributed by atoms with Crippen LogP contribution in [0.2, 0.25) is 5.15 Å². The third-order valence-corrected chi connectivity index (χ3v) is 4.11. The summed E-state index contributed by atoms with van der Waals surface area (Å²) in [6.07, 6.45) is 8.13. The smallest absolute Gasteiger partial charge is 0.312 e. The van der Waals surface area contributed by atoms with Gasteiger partial charge >= 0.3 is 6.08 Å². The number of aliphatic hydroxyl groups is 1. The molecule has 2 aromatic rings. The molecule has 1 atom stereocenters. The lowest BCUT2D eigenvalue weighted by molar-refractivity contribution is 0.251. The van der Waals surface area contributed by atoms with E-state index in [2.05, 4.69) is 21.9 Å². The van der Waals surface area contributed by atoms with E-state index in [-0.39, 0.29) is 17.8 Å². The van der Waals surface area contributed by atoms with Crippen LogP contribution in [0.3, 0.4) is 0 Å². The highest BCUT2D eigenvalue weighted by Crippen LogP contribution is 2.26. The Morgan fingerprint density at radius 3 is 2.73 bits per heavy atom. The van der Waals surface area contributed by atoms with Gasteiger partial charge in [-0.25, -0.2) is 4.98 Å². The predicted molar refractivity (Wildman–Crippen MR) is 84.4 cm³/mol. The fraction of sp³-hybridized carbons (Fsp3) is 0.667. The molecule has 5 nitrogen and oxygen atoms in total. The van der Waals surface area contributed by atoms with Crippen molar-refractivity contribution in [2.24, 2.45) is 0 Å². The highest BCUT2D eigenvalue weighted by atomic mass is 35.5. The molecule has 0 radical (unpaired) electrons. The first-order valence-electron chi connectivity index (χ1n) is 7.83. The van der Waals surface area contributed by atoms with Gasteiger partial charge in [-0.3, -0.25) is 0 Å². The maximum atomic E-state index is 13.4. The maximum absolute atomic E-state index is 13.4. The van der Waals surface area contributed by atoms with Crippen molar-refractivity contribution in [3.05, 3.63) is 17.6 Å². The maximum Gasteiger partial charge on any atom is 0.312 e. The van der Waals surface area contributed by atoms with E-state index in [9.17, 15) is 9.50 Å². The second-order valence-corrected chi connectivity index (χ2v) is 5.83. The van der Waals surface area contributed by atoms with Crippen molar-refractivity contribution in [3.8, 4) is 0 Å². The molecular formula is C15H22ClFN4O. The average Bonchev–Trinajstić information content (AvgIpc) is 2.90. The molecule has 7 heteroatoms. The Labute approximate surface area is 134 Å². The Hall–Kier alpha value is -1.27. The number of unbranched alkanes of at least 4 members (excludes halogenated alkanes) is 4. The Morgan fingerprint density at radius 1 is 1.23 bits per heavy atom. The summed E-state index contributed by atoms with van der Waals surface area (Å²) in [7, 11) is 0. The molecule has 0 bridgehead atoms. The molecule has 0 amide bonds. The fourth-order valence-electron chi connectivity index (χ4n) is 2.68. The number of rotatable bonds is 9. The van der Waals surface area contributed by atoms with Crippen LogP contribution < -0.4 is 0 Å². The van der Waals surface area contributed by atoms with E-state index in [1.807, 2.05) is 4.57 Å². The van der Waals surface area contributed by atoms with Crippen molar-refractivity contribution in [2.75, 3.05) is 6.61 Å². The molecule has 1 unspecified atom stereocenters. The average molecular weight is 329 g/mol. The van der Waals surface area contributed by atoms with E-state index >= 15 is 0 Å². The number of fused-ring (bicyclic) bond motifs is 1. The molecule has 0 spiro atoms. The summed E-state index contributed by atoms with van der Waals surface area (Å²) in [5.41, 5.74) is 0.793. The van der Waals surface area contributed by atoms with Crippen LogP contribution >= 0.6 is 11.6 Å². The van der Waals surface area contributed by atoms with Crippen molar-refractivity contribution >= 4 is 22.8 Å². The molecule has 1 N–H and O–H groups in total. The van der Waals surface area contributed by atoms with Gasteiger partial charge in [-0.1, -0.05) is 50.6 Å². The molecule has 122 valence electrons. The van der Waals surface area contributed by atoms with Crippen LogP contribution in [0.25, 0.3) is 11.2 Å². The van der Waals surface area contributed by atoms with Crippen LogP contribution in [0.5, 0.6) is 0 Å². The van der Waals surface area contributed by atoms with Gasteiger partial charge < -0.3 is 9.67 Å². The Kier molecular flexibility index (Phi) is 6.51. The van der Waals surface area contributed by atoms with Gasteiger partial charge in [-0.2, -0.15) is 14.4 Å². The number of hydrogen-bond donors (Lipinski definition) is 1. The highest BCUT2D eigenvalue weighted by Gasteiger charge is 2.17. The summed E-state index contributed by atoms with van der Waals surface area (Å²) in [6, 6.07) is 0.0435. The zero-order valence-electron chi connectivity index (χ0n) is 12.8. The van der Waals surface area contributed by atoms with Crippen molar-refractivity contribution in [1.82, 2.24) is 19.5 Å². The molecule has 22 heavy (non-hydrogen) atoms. The number of aromatic nitrogens is 4. The highest BCUT2D eigenvalue weighted by molar-refractivity contribution is 6.33. The largest absolute Gasteiger partial charge is 0.396 e. The van der Waals surface area contributed by atoms with Gasteiger partial charge in [0.05, 0.1) is 6.33 Å². The number of nitrogens with zero attached hydrogens (tertiary/aromatic N) is 4. The minimum absolute atomic E-state index is 0.0203. The van der Waals surface area contributed by atoms with Gasteiger partial charge in [-0.15, -0.1) is 0 Å². The standard InChI is InChI=1S/C15H22ClFN4O/c1-2-3-4-5-6-7-11(8-9-22)21-10-18-12-13(16)19-15(17)20-14(12)21/h10-11,22H,2-9H2,1H3. The minimum atomic E-state index is -0.857. The first-order valence-corrected chi connectivity index (χ1v) is 8.21. The van der Waals surface area contributed by atoms with Gasteiger partial charge in [0.1, 0.15) is 5.52 Å². The van der Waals surface area contributed by atoms with Crippen molar-refractivity contribution in [3.63, 3.8) is 0 Å². The molecule has 0 aliphatic carbocycles. The summed E-state index contributed by atoms with van der Waals surface area (Å²) in [4.78, 5) is 11.5. The lowest BCUT2D eigenvalue weighted by Gasteiger charge is -2.18. The molecule has 0 aliphatic heterocycles. The van der Waals surface area contributed by atoms with Crippen molar-refractivity contribution in [1.29, 1.82) is 0 Å². The van der Waals surface area contributed by atoms with E-state index in [0.29, 0.717) is 17.6 Å². The summed E-state index contributed by atoms with van der Waals surface area (Å²) in [5, 5.41) is 9.31. The molecule has 0 saturated carbocycles. The predicted octanol–water partition coefficient (Wildman–Crippen LogP) is 3.90. The normalized spacial score (nSPS) is 12.9. The van der Waals surface area contributed by atoms with Gasteiger partial charge in [0.25, 0.3) is 0 Å². The van der Waals surface area contributed by atoms with Crippen LogP contribution in [0, 0.1) is 6.08 Å². The van der Waals surface area contributed by atoms with Crippen LogP contribution in [0.4, 0.5) is 4.39 Å². The molecule has 0 fully saturated rings. The Balaban J connectivity index is 2.14. The third-order valence-electron chi connectivity index (χ3n) is 3.85. The van der Waals surface area contributed by atoms with Gasteiger partial charge in [0.2, 0.25) is 0 Å². The molecule has 0 aliphatic rings. The van der Waals surface area contributed by atoms with Crippen LogP contribution in [0.15, 0.2) is 6.33 Å². The zero-order valence-corrected chi connectivity index (χ0v) is 13.6. The number of hydrogen-bond acceptors (Lipinski definition) is 4.